The van der Waals surface area contributed by atoms with Crippen molar-refractivity contribution in [2.24, 2.45) is 0 Å². The zero-order valence-electron chi connectivity index (χ0n) is 11.8. The van der Waals surface area contributed by atoms with Crippen LogP contribution in [0, 0.1) is 0 Å². The van der Waals surface area contributed by atoms with E-state index in [1.165, 1.54) is 18.2 Å². The van der Waals surface area contributed by atoms with E-state index in [1.807, 2.05) is 0 Å². The van der Waals surface area contributed by atoms with Crippen LogP contribution in [0.15, 0.2) is 42.5 Å². The number of aromatic hydroxyl groups is 1. The standard InChI is InChI=1S/C17H12Cl2O4/c18-12-5-1-10(2-6-12)3-8-14(20)13-7-4-11(9-15(21)22)16(19)17(13)23/h1-8,23H,9H2,(H,21,22). The Morgan fingerprint density at radius 2 is 1.70 bits per heavy atom. The number of hydrogen-bond acceptors (Lipinski definition) is 3. The summed E-state index contributed by atoms with van der Waals surface area (Å²) in [5.41, 5.74) is 1.03. The molecule has 0 atom stereocenters. The number of carboxylic acid groups (broad SMARTS) is 1. The molecular weight excluding hydrogens is 339 g/mol. The normalized spacial score (nSPS) is 10.9. The highest BCUT2D eigenvalue weighted by Crippen LogP contribution is 2.32. The second-order valence-corrected chi connectivity index (χ2v) is 5.57. The van der Waals surface area contributed by atoms with Crippen molar-refractivity contribution in [3.05, 3.63) is 69.2 Å². The molecule has 118 valence electrons. The fourth-order valence-electron chi connectivity index (χ4n) is 1.94. The monoisotopic (exact) mass is 350 g/mol. The molecule has 0 aliphatic rings. The Morgan fingerprint density at radius 3 is 2.30 bits per heavy atom. The summed E-state index contributed by atoms with van der Waals surface area (Å²) < 4.78 is 0. The molecule has 2 rings (SSSR count). The summed E-state index contributed by atoms with van der Waals surface area (Å²) >= 11 is 11.7. The van der Waals surface area contributed by atoms with E-state index in [0.29, 0.717) is 5.02 Å². The van der Waals surface area contributed by atoms with Gasteiger partial charge >= 0.3 is 5.97 Å². The summed E-state index contributed by atoms with van der Waals surface area (Å²) in [4.78, 5) is 22.9. The molecule has 0 heterocycles. The summed E-state index contributed by atoms with van der Waals surface area (Å²) in [6.45, 7) is 0. The molecule has 0 saturated carbocycles. The van der Waals surface area contributed by atoms with Crippen molar-refractivity contribution in [3.63, 3.8) is 0 Å². The van der Waals surface area contributed by atoms with Crippen molar-refractivity contribution < 1.29 is 19.8 Å². The molecule has 0 saturated heterocycles. The predicted octanol–water partition coefficient (Wildman–Crippen LogP) is 4.22. The highest BCUT2D eigenvalue weighted by molar-refractivity contribution is 6.34. The van der Waals surface area contributed by atoms with Crippen molar-refractivity contribution in [2.75, 3.05) is 0 Å². The zero-order valence-corrected chi connectivity index (χ0v) is 13.3. The van der Waals surface area contributed by atoms with Gasteiger partial charge in [-0.05, 0) is 35.4 Å². The first-order valence-electron chi connectivity index (χ1n) is 6.58. The Hall–Kier alpha value is -2.30. The maximum atomic E-state index is 12.1. The molecule has 0 bridgehead atoms. The first-order valence-corrected chi connectivity index (χ1v) is 7.34. The van der Waals surface area contributed by atoms with Gasteiger partial charge in [0.1, 0.15) is 5.75 Å². The second kappa shape index (κ2) is 7.31. The first kappa shape index (κ1) is 17.1. The van der Waals surface area contributed by atoms with Crippen LogP contribution < -0.4 is 0 Å². The van der Waals surface area contributed by atoms with Crippen LogP contribution in [0.3, 0.4) is 0 Å². The summed E-state index contributed by atoms with van der Waals surface area (Å²) in [7, 11) is 0. The van der Waals surface area contributed by atoms with E-state index >= 15 is 0 Å². The van der Waals surface area contributed by atoms with E-state index in [9.17, 15) is 14.7 Å². The minimum atomic E-state index is -1.08. The number of halogens is 2. The highest BCUT2D eigenvalue weighted by atomic mass is 35.5. The summed E-state index contributed by atoms with van der Waals surface area (Å²) in [6, 6.07) is 9.65. The number of allylic oxidation sites excluding steroid dienone is 1. The Labute approximate surface area is 142 Å². The van der Waals surface area contributed by atoms with Crippen LogP contribution in [0.2, 0.25) is 10.0 Å². The van der Waals surface area contributed by atoms with Crippen LogP contribution in [-0.4, -0.2) is 22.0 Å². The number of carbonyl (C=O) groups is 2. The van der Waals surface area contributed by atoms with E-state index in [4.69, 9.17) is 28.3 Å². The fraction of sp³-hybridized carbons (Fsp3) is 0.0588. The van der Waals surface area contributed by atoms with Crippen LogP contribution in [0.25, 0.3) is 6.08 Å². The third-order valence-corrected chi connectivity index (χ3v) is 3.77. The average Bonchev–Trinajstić information content (AvgIpc) is 2.51. The largest absolute Gasteiger partial charge is 0.506 e. The topological polar surface area (TPSA) is 74.6 Å². The number of rotatable bonds is 5. The molecule has 0 fully saturated rings. The van der Waals surface area contributed by atoms with Gasteiger partial charge < -0.3 is 10.2 Å². The summed E-state index contributed by atoms with van der Waals surface area (Å²) in [6.07, 6.45) is 2.55. The van der Waals surface area contributed by atoms with E-state index in [1.54, 1.807) is 30.3 Å². The minimum Gasteiger partial charge on any atom is -0.506 e. The van der Waals surface area contributed by atoms with Crippen LogP contribution >= 0.6 is 23.2 Å². The molecule has 0 aromatic heterocycles. The van der Waals surface area contributed by atoms with Crippen LogP contribution in [0.5, 0.6) is 5.75 Å². The smallest absolute Gasteiger partial charge is 0.307 e. The highest BCUT2D eigenvalue weighted by Gasteiger charge is 2.16. The number of carbonyl (C=O) groups excluding carboxylic acids is 1. The molecule has 0 amide bonds. The van der Waals surface area contributed by atoms with Crippen LogP contribution in [-0.2, 0) is 11.2 Å². The molecule has 2 aromatic rings. The molecular formula is C17H12Cl2O4. The van der Waals surface area contributed by atoms with Gasteiger partial charge in [-0.3, -0.25) is 9.59 Å². The van der Waals surface area contributed by atoms with Gasteiger partial charge in [-0.15, -0.1) is 0 Å². The maximum Gasteiger partial charge on any atom is 0.307 e. The molecule has 0 aliphatic heterocycles. The van der Waals surface area contributed by atoms with Gasteiger partial charge in [0.05, 0.1) is 17.0 Å². The minimum absolute atomic E-state index is 0.00866. The molecule has 2 aromatic carbocycles. The van der Waals surface area contributed by atoms with Gasteiger partial charge in [-0.25, -0.2) is 0 Å². The number of phenols is 1. The molecule has 0 spiro atoms. The Balaban J connectivity index is 2.24. The quantitative estimate of drug-likeness (QED) is 0.625. The lowest BCUT2D eigenvalue weighted by atomic mass is 10.0. The third kappa shape index (κ3) is 4.34. The Kier molecular flexibility index (Phi) is 5.42. The molecule has 23 heavy (non-hydrogen) atoms. The molecule has 0 radical (unpaired) electrons. The van der Waals surface area contributed by atoms with Crippen molar-refractivity contribution in [1.82, 2.24) is 0 Å². The van der Waals surface area contributed by atoms with Gasteiger partial charge in [0.15, 0.2) is 5.78 Å². The first-order chi connectivity index (χ1) is 10.9. The molecule has 4 nitrogen and oxygen atoms in total. The summed E-state index contributed by atoms with van der Waals surface area (Å²) in [5, 5.41) is 19.2. The van der Waals surface area contributed by atoms with Crippen molar-refractivity contribution in [3.8, 4) is 5.75 Å². The van der Waals surface area contributed by atoms with Crippen molar-refractivity contribution >= 4 is 41.0 Å². The average molecular weight is 351 g/mol. The van der Waals surface area contributed by atoms with Gasteiger partial charge in [0, 0.05) is 5.02 Å². The van der Waals surface area contributed by atoms with E-state index < -0.39 is 17.5 Å². The molecule has 6 heteroatoms. The van der Waals surface area contributed by atoms with Gasteiger partial charge in [0.25, 0.3) is 0 Å². The van der Waals surface area contributed by atoms with E-state index in [0.717, 1.165) is 5.56 Å². The summed E-state index contributed by atoms with van der Waals surface area (Å²) in [5.74, 6) is -1.94. The second-order valence-electron chi connectivity index (χ2n) is 4.75. The Bertz CT molecular complexity index is 780. The van der Waals surface area contributed by atoms with Crippen molar-refractivity contribution in [1.29, 1.82) is 0 Å². The third-order valence-electron chi connectivity index (χ3n) is 3.10. The Morgan fingerprint density at radius 1 is 1.04 bits per heavy atom. The molecule has 2 N–H and O–H groups in total. The van der Waals surface area contributed by atoms with Crippen LogP contribution in [0.1, 0.15) is 21.5 Å². The SMILES string of the molecule is O=C(O)Cc1ccc(C(=O)C=Cc2ccc(Cl)cc2)c(O)c1Cl. The van der Waals surface area contributed by atoms with E-state index in [-0.39, 0.29) is 22.6 Å². The van der Waals surface area contributed by atoms with Gasteiger partial charge in [0.2, 0.25) is 0 Å². The van der Waals surface area contributed by atoms with Gasteiger partial charge in [-0.2, -0.15) is 0 Å². The number of ketones is 1. The fourth-order valence-corrected chi connectivity index (χ4v) is 2.30. The predicted molar refractivity (Wildman–Crippen MR) is 89.3 cm³/mol. The zero-order chi connectivity index (χ0) is 17.0. The number of benzene rings is 2. The number of phenolic OH excluding ortho intramolecular Hbond substituents is 1. The molecule has 0 aliphatic carbocycles. The molecule has 0 unspecified atom stereocenters. The van der Waals surface area contributed by atoms with Crippen LogP contribution in [0.4, 0.5) is 0 Å². The van der Waals surface area contributed by atoms with E-state index in [2.05, 4.69) is 0 Å². The number of hydrogen-bond donors (Lipinski definition) is 2. The lowest BCUT2D eigenvalue weighted by Gasteiger charge is -2.07. The maximum absolute atomic E-state index is 12.1. The van der Waals surface area contributed by atoms with Gasteiger partial charge in [-0.1, -0.05) is 47.5 Å². The number of carboxylic acids is 1. The lowest BCUT2D eigenvalue weighted by molar-refractivity contribution is -0.136. The van der Waals surface area contributed by atoms with Crippen molar-refractivity contribution in [2.45, 2.75) is 6.42 Å². The lowest BCUT2D eigenvalue weighted by Crippen LogP contribution is -2.03. The number of aliphatic carboxylic acids is 1.